The Kier molecular flexibility index (Phi) is 5.02. The van der Waals surface area contributed by atoms with Crippen LogP contribution in [0.2, 0.25) is 0 Å². The van der Waals surface area contributed by atoms with Gasteiger partial charge in [0, 0.05) is 13.0 Å². The molecule has 0 aliphatic heterocycles. The maximum atomic E-state index is 8.19. The molecule has 2 nitrogen and oxygen atoms in total. The van der Waals surface area contributed by atoms with Crippen LogP contribution in [0.3, 0.4) is 0 Å². The first-order valence-electron chi connectivity index (χ1n) is 2.36. The third kappa shape index (κ3) is 5.45. The molecular weight excluding hydrogens is 90.1 g/mol. The first-order valence-corrected chi connectivity index (χ1v) is 2.36. The fourth-order valence-corrected chi connectivity index (χ4v) is 0.303. The van der Waals surface area contributed by atoms with E-state index in [9.17, 15) is 0 Å². The molecule has 0 amide bonds. The zero-order chi connectivity index (χ0) is 5.54. The predicted octanol–water partition coefficient (Wildman–Crippen LogP) is 0.678. The fourth-order valence-electron chi connectivity index (χ4n) is 0.303. The zero-order valence-electron chi connectivity index (χ0n) is 4.22. The summed E-state index contributed by atoms with van der Waals surface area (Å²) in [5.41, 5.74) is 0. The second-order valence-electron chi connectivity index (χ2n) is 1.31. The van der Waals surface area contributed by atoms with Crippen LogP contribution in [0.1, 0.15) is 12.8 Å². The van der Waals surface area contributed by atoms with Crippen molar-refractivity contribution in [3.8, 4) is 0 Å². The van der Waals surface area contributed by atoms with Crippen molar-refractivity contribution >= 4 is 0 Å². The summed E-state index contributed by atoms with van der Waals surface area (Å²) in [5.74, 6) is 0. The molecule has 1 N–H and O–H groups in total. The van der Waals surface area contributed by atoms with Gasteiger partial charge in [-0.2, -0.15) is 0 Å². The van der Waals surface area contributed by atoms with E-state index < -0.39 is 0 Å². The van der Waals surface area contributed by atoms with E-state index in [1.54, 1.807) is 0 Å². The van der Waals surface area contributed by atoms with Gasteiger partial charge >= 0.3 is 0 Å². The Morgan fingerprint density at radius 3 is 2.57 bits per heavy atom. The zero-order valence-corrected chi connectivity index (χ0v) is 4.22. The summed E-state index contributed by atoms with van der Waals surface area (Å²) in [6.07, 6.45) is 1.60. The van der Waals surface area contributed by atoms with Crippen LogP contribution in [0.15, 0.2) is 0 Å². The van der Waals surface area contributed by atoms with E-state index in [1.807, 2.05) is 0 Å². The molecule has 0 radical (unpaired) electrons. The molecule has 40 valence electrons. The van der Waals surface area contributed by atoms with Crippen LogP contribution in [0.4, 0.5) is 0 Å². The van der Waals surface area contributed by atoms with Crippen LogP contribution in [-0.2, 0) is 0 Å². The lowest BCUT2D eigenvalue weighted by Crippen LogP contribution is -1.82. The number of unbranched alkanes of at least 4 members (excludes halogenated alkanes) is 1. The highest BCUT2D eigenvalue weighted by Crippen LogP contribution is 1.85. The van der Waals surface area contributed by atoms with Gasteiger partial charge in [-0.1, -0.05) is 0 Å². The van der Waals surface area contributed by atoms with Crippen LogP contribution >= 0.6 is 0 Å². The molecule has 2 heteroatoms. The van der Waals surface area contributed by atoms with Gasteiger partial charge in [-0.3, -0.25) is 0 Å². The van der Waals surface area contributed by atoms with Crippen LogP contribution in [0, 0.1) is 6.57 Å². The maximum Gasteiger partial charge on any atom is 0.214 e. The van der Waals surface area contributed by atoms with Crippen LogP contribution < -0.4 is 0 Å². The molecule has 0 saturated heterocycles. The molecule has 0 unspecified atom stereocenters. The molecule has 0 aliphatic carbocycles. The Labute approximate surface area is 43.6 Å². The van der Waals surface area contributed by atoms with E-state index in [1.165, 1.54) is 0 Å². The molecule has 0 saturated carbocycles. The van der Waals surface area contributed by atoms with Crippen molar-refractivity contribution in [2.75, 3.05) is 13.2 Å². The molecule has 0 aromatic rings. The van der Waals surface area contributed by atoms with Gasteiger partial charge in [0.25, 0.3) is 0 Å². The van der Waals surface area contributed by atoms with E-state index in [0.717, 1.165) is 12.8 Å². The van der Waals surface area contributed by atoms with Crippen LogP contribution in [0.25, 0.3) is 4.85 Å². The number of aliphatic hydroxyl groups is 1. The maximum absolute atomic E-state index is 8.19. The monoisotopic (exact) mass is 99.1 g/mol. The molecule has 0 aromatic heterocycles. The van der Waals surface area contributed by atoms with Crippen molar-refractivity contribution in [3.63, 3.8) is 0 Å². The van der Waals surface area contributed by atoms with E-state index in [-0.39, 0.29) is 6.61 Å². The molecule has 0 aromatic carbocycles. The Bertz CT molecular complexity index is 65.0. The molecule has 0 rings (SSSR count). The second kappa shape index (κ2) is 5.45. The highest BCUT2D eigenvalue weighted by atomic mass is 16.2. The summed E-state index contributed by atoms with van der Waals surface area (Å²) in [6.45, 7) is 7.10. The van der Waals surface area contributed by atoms with Gasteiger partial charge in [0.05, 0.1) is 0 Å². The Hall–Kier alpha value is -0.550. The Morgan fingerprint density at radius 1 is 1.43 bits per heavy atom. The lowest BCUT2D eigenvalue weighted by Gasteiger charge is -1.82. The summed E-state index contributed by atoms with van der Waals surface area (Å²) in [5, 5.41) is 8.19. The third-order valence-corrected chi connectivity index (χ3v) is 0.678. The minimum absolute atomic E-state index is 0.218. The van der Waals surface area contributed by atoms with Crippen molar-refractivity contribution in [3.05, 3.63) is 11.4 Å². The van der Waals surface area contributed by atoms with Gasteiger partial charge in [0.15, 0.2) is 0 Å². The highest BCUT2D eigenvalue weighted by molar-refractivity contribution is 4.56. The van der Waals surface area contributed by atoms with E-state index >= 15 is 0 Å². The summed E-state index contributed by atoms with van der Waals surface area (Å²) in [7, 11) is 0. The molecule has 0 fully saturated rings. The summed E-state index contributed by atoms with van der Waals surface area (Å²) < 4.78 is 0. The van der Waals surface area contributed by atoms with Crippen molar-refractivity contribution in [1.82, 2.24) is 0 Å². The Balaban J connectivity index is 2.60. The summed E-state index contributed by atoms with van der Waals surface area (Å²) in [6, 6.07) is 0. The third-order valence-electron chi connectivity index (χ3n) is 0.678. The minimum atomic E-state index is 0.218. The lowest BCUT2D eigenvalue weighted by molar-refractivity contribution is 0.286. The second-order valence-corrected chi connectivity index (χ2v) is 1.31. The van der Waals surface area contributed by atoms with Gasteiger partial charge in [0.2, 0.25) is 6.54 Å². The van der Waals surface area contributed by atoms with Crippen LogP contribution in [0.5, 0.6) is 0 Å². The number of hydrogen-bond acceptors (Lipinski definition) is 1. The average molecular weight is 99.1 g/mol. The first-order chi connectivity index (χ1) is 3.41. The SMILES string of the molecule is [C-]#[N+]CCCCO. The van der Waals surface area contributed by atoms with Gasteiger partial charge in [0.1, 0.15) is 0 Å². The predicted molar refractivity (Wildman–Crippen MR) is 27.8 cm³/mol. The van der Waals surface area contributed by atoms with Gasteiger partial charge < -0.3 is 9.95 Å². The topological polar surface area (TPSA) is 24.6 Å². The molecule has 0 atom stereocenters. The van der Waals surface area contributed by atoms with Crippen molar-refractivity contribution in [2.45, 2.75) is 12.8 Å². The van der Waals surface area contributed by atoms with E-state index in [0.29, 0.717) is 6.54 Å². The van der Waals surface area contributed by atoms with Gasteiger partial charge in [-0.25, -0.2) is 6.57 Å². The summed E-state index contributed by atoms with van der Waals surface area (Å²) >= 11 is 0. The summed E-state index contributed by atoms with van der Waals surface area (Å²) in [4.78, 5) is 3.11. The van der Waals surface area contributed by atoms with Gasteiger partial charge in [-0.05, 0) is 6.42 Å². The van der Waals surface area contributed by atoms with Crippen molar-refractivity contribution < 1.29 is 5.11 Å². The van der Waals surface area contributed by atoms with Crippen LogP contribution in [-0.4, -0.2) is 18.3 Å². The van der Waals surface area contributed by atoms with Gasteiger partial charge in [-0.15, -0.1) is 0 Å². The normalized spacial score (nSPS) is 8.00. The van der Waals surface area contributed by atoms with Crippen molar-refractivity contribution in [2.24, 2.45) is 0 Å². The quantitative estimate of drug-likeness (QED) is 0.408. The number of hydrogen-bond donors (Lipinski definition) is 1. The van der Waals surface area contributed by atoms with E-state index in [4.69, 9.17) is 11.7 Å². The molecule has 0 bridgehead atoms. The molecule has 0 spiro atoms. The smallest absolute Gasteiger partial charge is 0.214 e. The largest absolute Gasteiger partial charge is 0.396 e. The minimum Gasteiger partial charge on any atom is -0.396 e. The van der Waals surface area contributed by atoms with Crippen molar-refractivity contribution in [1.29, 1.82) is 0 Å². The molecule has 7 heavy (non-hydrogen) atoms. The Morgan fingerprint density at radius 2 is 2.14 bits per heavy atom. The fraction of sp³-hybridized carbons (Fsp3) is 0.800. The number of rotatable bonds is 3. The number of nitrogens with zero attached hydrogens (tertiary/aromatic N) is 1. The number of aliphatic hydroxyl groups excluding tert-OH is 1. The standard InChI is InChI=1S/C5H9NO/c1-6-4-2-3-5-7/h7H,2-5H2. The molecular formula is C5H9NO. The average Bonchev–Trinajstić information content (AvgIpc) is 1.69. The molecule has 0 heterocycles. The lowest BCUT2D eigenvalue weighted by atomic mass is 10.3. The highest BCUT2D eigenvalue weighted by Gasteiger charge is 1.83. The van der Waals surface area contributed by atoms with E-state index in [2.05, 4.69) is 4.85 Å². The molecule has 0 aliphatic rings. The first kappa shape index (κ1) is 6.45.